The molecule has 1 amide bonds. The first-order valence-corrected chi connectivity index (χ1v) is 9.00. The van der Waals surface area contributed by atoms with Gasteiger partial charge in [-0.3, -0.25) is 14.9 Å². The largest absolute Gasteiger partial charge is 0.378 e. The van der Waals surface area contributed by atoms with Crippen LogP contribution in [0.1, 0.15) is 10.4 Å². The van der Waals surface area contributed by atoms with E-state index in [0.29, 0.717) is 48.3 Å². The average molecular weight is 441 g/mol. The Labute approximate surface area is 163 Å². The summed E-state index contributed by atoms with van der Waals surface area (Å²) in [6.45, 7) is 2.21. The monoisotopic (exact) mass is 439 g/mol. The Morgan fingerprint density at radius 2 is 1.96 bits per heavy atom. The van der Waals surface area contributed by atoms with Gasteiger partial charge in [0.25, 0.3) is 11.6 Å². The number of amides is 1. The average Bonchev–Trinajstić information content (AvgIpc) is 2.64. The second-order valence-corrected chi connectivity index (χ2v) is 6.96. The van der Waals surface area contributed by atoms with Crippen LogP contribution in [0.25, 0.3) is 0 Å². The molecule has 2 aromatic carbocycles. The fourth-order valence-electron chi connectivity index (χ4n) is 2.67. The summed E-state index contributed by atoms with van der Waals surface area (Å²) < 4.78 is 6.06. The molecule has 1 N–H and O–H groups in total. The standard InChI is InChI=1S/C17H15BrClN3O4/c18-11-1-3-14(19)13(9-11)17(23)20-15-4-2-12(22(24)25)10-16(15)21-5-7-26-8-6-21/h1-4,9-10H,5-8H2,(H,20,23). The summed E-state index contributed by atoms with van der Waals surface area (Å²) in [4.78, 5) is 25.3. The van der Waals surface area contributed by atoms with Crippen molar-refractivity contribution >= 4 is 50.5 Å². The van der Waals surface area contributed by atoms with Crippen LogP contribution >= 0.6 is 27.5 Å². The number of morpholine rings is 1. The smallest absolute Gasteiger partial charge is 0.271 e. The number of carbonyl (C=O) groups is 1. The second kappa shape index (κ2) is 8.03. The number of nitro benzene ring substituents is 1. The SMILES string of the molecule is O=C(Nc1ccc([N+](=O)[O-])cc1N1CCOCC1)c1cc(Br)ccc1Cl. The molecule has 1 aliphatic rings. The minimum Gasteiger partial charge on any atom is -0.378 e. The number of nitrogens with zero attached hydrogens (tertiary/aromatic N) is 2. The fraction of sp³-hybridized carbons (Fsp3) is 0.235. The summed E-state index contributed by atoms with van der Waals surface area (Å²) in [5.41, 5.74) is 1.35. The zero-order valence-electron chi connectivity index (χ0n) is 13.6. The van der Waals surface area contributed by atoms with Gasteiger partial charge in [-0.2, -0.15) is 0 Å². The Balaban J connectivity index is 1.94. The van der Waals surface area contributed by atoms with Gasteiger partial charge in [-0.1, -0.05) is 27.5 Å². The van der Waals surface area contributed by atoms with Crippen molar-refractivity contribution in [3.63, 3.8) is 0 Å². The van der Waals surface area contributed by atoms with Crippen LogP contribution < -0.4 is 10.2 Å². The summed E-state index contributed by atoms with van der Waals surface area (Å²) in [5, 5.41) is 14.3. The molecule has 1 heterocycles. The Kier molecular flexibility index (Phi) is 5.75. The third kappa shape index (κ3) is 4.14. The van der Waals surface area contributed by atoms with E-state index in [1.54, 1.807) is 18.2 Å². The number of non-ortho nitro benzene ring substituents is 1. The van der Waals surface area contributed by atoms with Crippen LogP contribution in [0.2, 0.25) is 5.02 Å². The highest BCUT2D eigenvalue weighted by Gasteiger charge is 2.21. The number of hydrogen-bond acceptors (Lipinski definition) is 5. The Bertz CT molecular complexity index is 856. The number of carbonyl (C=O) groups excluding carboxylic acids is 1. The summed E-state index contributed by atoms with van der Waals surface area (Å²) in [5.74, 6) is -0.389. The summed E-state index contributed by atoms with van der Waals surface area (Å²) >= 11 is 9.43. The van der Waals surface area contributed by atoms with Crippen molar-refractivity contribution in [3.8, 4) is 0 Å². The van der Waals surface area contributed by atoms with E-state index >= 15 is 0 Å². The molecule has 0 aliphatic carbocycles. The summed E-state index contributed by atoms with van der Waals surface area (Å²) in [7, 11) is 0. The fourth-order valence-corrected chi connectivity index (χ4v) is 3.23. The molecule has 136 valence electrons. The molecule has 1 aliphatic heterocycles. The molecule has 0 unspecified atom stereocenters. The van der Waals surface area contributed by atoms with E-state index in [1.165, 1.54) is 18.2 Å². The van der Waals surface area contributed by atoms with E-state index in [0.717, 1.165) is 4.47 Å². The van der Waals surface area contributed by atoms with Crippen LogP contribution in [0, 0.1) is 10.1 Å². The van der Waals surface area contributed by atoms with Gasteiger partial charge >= 0.3 is 0 Å². The summed E-state index contributed by atoms with van der Waals surface area (Å²) in [6.07, 6.45) is 0. The van der Waals surface area contributed by atoms with Gasteiger partial charge in [0.1, 0.15) is 0 Å². The molecule has 1 saturated heterocycles. The van der Waals surface area contributed by atoms with Gasteiger partial charge in [0.15, 0.2) is 0 Å². The number of benzene rings is 2. The van der Waals surface area contributed by atoms with Gasteiger partial charge in [0, 0.05) is 29.7 Å². The number of halogens is 2. The highest BCUT2D eigenvalue weighted by Crippen LogP contribution is 2.32. The first-order chi connectivity index (χ1) is 12.5. The Hall–Kier alpha value is -2.16. The van der Waals surface area contributed by atoms with Crippen LogP contribution in [0.5, 0.6) is 0 Å². The first-order valence-electron chi connectivity index (χ1n) is 7.83. The lowest BCUT2D eigenvalue weighted by Crippen LogP contribution is -2.36. The molecule has 7 nitrogen and oxygen atoms in total. The molecule has 26 heavy (non-hydrogen) atoms. The number of ether oxygens (including phenoxy) is 1. The van der Waals surface area contributed by atoms with Gasteiger partial charge in [0.05, 0.1) is 40.1 Å². The molecule has 3 rings (SSSR count). The maximum atomic E-state index is 12.6. The topological polar surface area (TPSA) is 84.7 Å². The quantitative estimate of drug-likeness (QED) is 0.571. The Morgan fingerprint density at radius 1 is 1.23 bits per heavy atom. The van der Waals surface area contributed by atoms with Crippen LogP contribution in [0.15, 0.2) is 40.9 Å². The van der Waals surface area contributed by atoms with Crippen LogP contribution in [0.3, 0.4) is 0 Å². The van der Waals surface area contributed by atoms with Crippen molar-refractivity contribution in [1.29, 1.82) is 0 Å². The molecule has 0 radical (unpaired) electrons. The van der Waals surface area contributed by atoms with Crippen molar-refractivity contribution in [2.24, 2.45) is 0 Å². The van der Waals surface area contributed by atoms with Gasteiger partial charge in [-0.05, 0) is 24.3 Å². The molecule has 0 bridgehead atoms. The van der Waals surface area contributed by atoms with Crippen molar-refractivity contribution < 1.29 is 14.5 Å². The van der Waals surface area contributed by atoms with Gasteiger partial charge in [-0.15, -0.1) is 0 Å². The molecule has 0 saturated carbocycles. The van der Waals surface area contributed by atoms with Gasteiger partial charge < -0.3 is 15.0 Å². The van der Waals surface area contributed by atoms with Crippen LogP contribution in [-0.4, -0.2) is 37.1 Å². The van der Waals surface area contributed by atoms with Crippen molar-refractivity contribution in [3.05, 3.63) is 61.6 Å². The molecular weight excluding hydrogens is 426 g/mol. The first kappa shape index (κ1) is 18.6. The van der Waals surface area contributed by atoms with E-state index in [9.17, 15) is 14.9 Å². The number of nitrogens with one attached hydrogen (secondary N) is 1. The highest BCUT2D eigenvalue weighted by molar-refractivity contribution is 9.10. The summed E-state index contributed by atoms with van der Waals surface area (Å²) in [6, 6.07) is 9.35. The third-order valence-corrected chi connectivity index (χ3v) is 4.79. The lowest BCUT2D eigenvalue weighted by atomic mass is 10.1. The van der Waals surface area contributed by atoms with Crippen molar-refractivity contribution in [2.45, 2.75) is 0 Å². The minimum atomic E-state index is -0.458. The normalized spacial score (nSPS) is 14.2. The van der Waals surface area contributed by atoms with Crippen LogP contribution in [-0.2, 0) is 4.74 Å². The lowest BCUT2D eigenvalue weighted by molar-refractivity contribution is -0.384. The number of nitro groups is 1. The maximum absolute atomic E-state index is 12.6. The van der Waals surface area contributed by atoms with E-state index in [1.807, 2.05) is 4.90 Å². The van der Waals surface area contributed by atoms with Gasteiger partial charge in [-0.25, -0.2) is 0 Å². The molecule has 2 aromatic rings. The molecular formula is C17H15BrClN3O4. The molecule has 9 heteroatoms. The second-order valence-electron chi connectivity index (χ2n) is 5.64. The molecule has 1 fully saturated rings. The lowest BCUT2D eigenvalue weighted by Gasteiger charge is -2.30. The zero-order valence-corrected chi connectivity index (χ0v) is 15.9. The Morgan fingerprint density at radius 3 is 2.65 bits per heavy atom. The van der Waals surface area contributed by atoms with E-state index in [-0.39, 0.29) is 11.6 Å². The number of rotatable bonds is 4. The predicted octanol–water partition coefficient (Wildman–Crippen LogP) is 4.10. The highest BCUT2D eigenvalue weighted by atomic mass is 79.9. The minimum absolute atomic E-state index is 0.0371. The zero-order chi connectivity index (χ0) is 18.7. The van der Waals surface area contributed by atoms with E-state index in [4.69, 9.17) is 16.3 Å². The number of anilines is 2. The van der Waals surface area contributed by atoms with E-state index in [2.05, 4.69) is 21.2 Å². The van der Waals surface area contributed by atoms with Gasteiger partial charge in [0.2, 0.25) is 0 Å². The van der Waals surface area contributed by atoms with Crippen LogP contribution in [0.4, 0.5) is 17.1 Å². The molecule has 0 spiro atoms. The van der Waals surface area contributed by atoms with Crippen molar-refractivity contribution in [1.82, 2.24) is 0 Å². The molecule has 0 aromatic heterocycles. The number of hydrogen-bond donors (Lipinski definition) is 1. The predicted molar refractivity (Wildman–Crippen MR) is 103 cm³/mol. The van der Waals surface area contributed by atoms with Crippen molar-refractivity contribution in [2.75, 3.05) is 36.5 Å². The molecule has 0 atom stereocenters. The third-order valence-electron chi connectivity index (χ3n) is 3.97. The van der Waals surface area contributed by atoms with E-state index < -0.39 is 4.92 Å². The maximum Gasteiger partial charge on any atom is 0.271 e.